The minimum absolute atomic E-state index is 0.633. The molecule has 0 spiro atoms. The highest BCUT2D eigenvalue weighted by Crippen LogP contribution is 2.21. The zero-order valence-electron chi connectivity index (χ0n) is 9.19. The summed E-state index contributed by atoms with van der Waals surface area (Å²) in [5.74, 6) is 0.825. The topological polar surface area (TPSA) is 52.0 Å². The summed E-state index contributed by atoms with van der Waals surface area (Å²) in [5.41, 5.74) is 8.14. The van der Waals surface area contributed by atoms with Crippen LogP contribution in [0.4, 0.5) is 0 Å². The van der Waals surface area contributed by atoms with Gasteiger partial charge in [-0.1, -0.05) is 12.0 Å². The maximum atomic E-state index is 8.14. The molecule has 0 aromatic heterocycles. The SMILES string of the molecule is CC1CCC(C)N(CCCN=[N+]=[N-])C1. The van der Waals surface area contributed by atoms with Gasteiger partial charge in [0.25, 0.3) is 0 Å². The molecular weight excluding hydrogens is 176 g/mol. The van der Waals surface area contributed by atoms with Crippen molar-refractivity contribution >= 4 is 0 Å². The molecule has 2 unspecified atom stereocenters. The molecule has 0 aromatic carbocycles. The largest absolute Gasteiger partial charge is 0.300 e. The highest BCUT2D eigenvalue weighted by molar-refractivity contribution is 4.76. The number of azide groups is 1. The zero-order chi connectivity index (χ0) is 10.4. The molecule has 4 nitrogen and oxygen atoms in total. The Morgan fingerprint density at radius 3 is 2.93 bits per heavy atom. The first-order chi connectivity index (χ1) is 6.74. The van der Waals surface area contributed by atoms with Gasteiger partial charge in [-0.3, -0.25) is 0 Å². The van der Waals surface area contributed by atoms with Crippen LogP contribution < -0.4 is 0 Å². The molecular formula is C10H20N4. The molecule has 0 N–H and O–H groups in total. The molecule has 4 heteroatoms. The van der Waals surface area contributed by atoms with E-state index in [0.717, 1.165) is 18.9 Å². The molecule has 1 aliphatic heterocycles. The molecule has 14 heavy (non-hydrogen) atoms. The molecule has 0 aromatic rings. The molecule has 0 amide bonds. The van der Waals surface area contributed by atoms with Gasteiger partial charge in [0.15, 0.2) is 0 Å². The van der Waals surface area contributed by atoms with Crippen LogP contribution in [0.2, 0.25) is 0 Å². The lowest BCUT2D eigenvalue weighted by atomic mass is 9.95. The standard InChI is InChI=1S/C10H20N4/c1-9-4-5-10(2)14(8-9)7-3-6-12-13-11/h9-10H,3-8H2,1-2H3. The summed E-state index contributed by atoms with van der Waals surface area (Å²) in [6, 6.07) is 0.706. The molecule has 0 saturated carbocycles. The second kappa shape index (κ2) is 5.89. The summed E-state index contributed by atoms with van der Waals surface area (Å²) >= 11 is 0. The second-order valence-electron chi connectivity index (χ2n) is 4.33. The molecule has 1 aliphatic rings. The lowest BCUT2D eigenvalue weighted by molar-refractivity contribution is 0.124. The zero-order valence-corrected chi connectivity index (χ0v) is 9.19. The maximum Gasteiger partial charge on any atom is 0.0270 e. The van der Waals surface area contributed by atoms with Crippen molar-refractivity contribution in [2.24, 2.45) is 11.0 Å². The predicted molar refractivity (Wildman–Crippen MR) is 58.1 cm³/mol. The van der Waals surface area contributed by atoms with Crippen LogP contribution in [-0.4, -0.2) is 30.6 Å². The van der Waals surface area contributed by atoms with E-state index < -0.39 is 0 Å². The van der Waals surface area contributed by atoms with Gasteiger partial charge < -0.3 is 4.90 Å². The van der Waals surface area contributed by atoms with Gasteiger partial charge in [-0.15, -0.1) is 0 Å². The van der Waals surface area contributed by atoms with Crippen molar-refractivity contribution in [3.63, 3.8) is 0 Å². The Labute approximate surface area is 85.9 Å². The predicted octanol–water partition coefficient (Wildman–Crippen LogP) is 2.81. The summed E-state index contributed by atoms with van der Waals surface area (Å²) in [6.07, 6.45) is 3.65. The number of likely N-dealkylation sites (tertiary alicyclic amines) is 1. The Balaban J connectivity index is 2.23. The van der Waals surface area contributed by atoms with E-state index in [9.17, 15) is 0 Å². The summed E-state index contributed by atoms with van der Waals surface area (Å²) in [5, 5.41) is 3.55. The fourth-order valence-electron chi connectivity index (χ4n) is 2.08. The highest BCUT2D eigenvalue weighted by atomic mass is 15.2. The summed E-state index contributed by atoms with van der Waals surface area (Å²) in [6.45, 7) is 7.52. The van der Waals surface area contributed by atoms with E-state index in [1.165, 1.54) is 19.4 Å². The Hall–Kier alpha value is -0.730. The first-order valence-electron chi connectivity index (χ1n) is 5.49. The molecule has 0 aliphatic carbocycles. The van der Waals surface area contributed by atoms with E-state index >= 15 is 0 Å². The number of rotatable bonds is 4. The first-order valence-corrected chi connectivity index (χ1v) is 5.49. The molecule has 1 heterocycles. The van der Waals surface area contributed by atoms with Gasteiger partial charge in [0, 0.05) is 24.0 Å². The van der Waals surface area contributed by atoms with Gasteiger partial charge in [-0.25, -0.2) is 0 Å². The van der Waals surface area contributed by atoms with Crippen LogP contribution in [-0.2, 0) is 0 Å². The Morgan fingerprint density at radius 2 is 2.21 bits per heavy atom. The fraction of sp³-hybridized carbons (Fsp3) is 1.00. The van der Waals surface area contributed by atoms with Gasteiger partial charge >= 0.3 is 0 Å². The van der Waals surface area contributed by atoms with Gasteiger partial charge in [0.2, 0.25) is 0 Å². The van der Waals surface area contributed by atoms with Crippen molar-refractivity contribution in [3.8, 4) is 0 Å². The third-order valence-electron chi connectivity index (χ3n) is 3.01. The molecule has 80 valence electrons. The van der Waals surface area contributed by atoms with E-state index in [1.807, 2.05) is 0 Å². The number of piperidine rings is 1. The van der Waals surface area contributed by atoms with Crippen molar-refractivity contribution in [1.29, 1.82) is 0 Å². The van der Waals surface area contributed by atoms with E-state index in [2.05, 4.69) is 28.8 Å². The Kier molecular flexibility index (Phi) is 4.77. The van der Waals surface area contributed by atoms with Gasteiger partial charge in [-0.05, 0) is 44.2 Å². The average Bonchev–Trinajstić information content (AvgIpc) is 2.18. The number of nitrogens with zero attached hydrogens (tertiary/aromatic N) is 4. The van der Waals surface area contributed by atoms with Crippen molar-refractivity contribution in [3.05, 3.63) is 10.4 Å². The lowest BCUT2D eigenvalue weighted by Crippen LogP contribution is -2.41. The van der Waals surface area contributed by atoms with Crippen molar-refractivity contribution < 1.29 is 0 Å². The number of hydrogen-bond donors (Lipinski definition) is 0. The summed E-state index contributed by atoms with van der Waals surface area (Å²) in [7, 11) is 0. The molecule has 1 fully saturated rings. The normalized spacial score (nSPS) is 28.4. The number of hydrogen-bond acceptors (Lipinski definition) is 2. The van der Waals surface area contributed by atoms with Gasteiger partial charge in [0.05, 0.1) is 0 Å². The van der Waals surface area contributed by atoms with Crippen LogP contribution in [0.1, 0.15) is 33.1 Å². The second-order valence-corrected chi connectivity index (χ2v) is 4.33. The van der Waals surface area contributed by atoms with Crippen LogP contribution in [0.5, 0.6) is 0 Å². The molecule has 0 bridgehead atoms. The van der Waals surface area contributed by atoms with E-state index in [4.69, 9.17) is 5.53 Å². The third-order valence-corrected chi connectivity index (χ3v) is 3.01. The minimum atomic E-state index is 0.633. The van der Waals surface area contributed by atoms with E-state index in [0.29, 0.717) is 12.6 Å². The maximum absolute atomic E-state index is 8.14. The van der Waals surface area contributed by atoms with Crippen molar-refractivity contribution in [1.82, 2.24) is 4.90 Å². The van der Waals surface area contributed by atoms with Crippen LogP contribution >= 0.6 is 0 Å². The van der Waals surface area contributed by atoms with Crippen LogP contribution in [0.15, 0.2) is 5.11 Å². The van der Waals surface area contributed by atoms with Gasteiger partial charge in [0.1, 0.15) is 0 Å². The van der Waals surface area contributed by atoms with E-state index in [1.54, 1.807) is 0 Å². The Morgan fingerprint density at radius 1 is 1.43 bits per heavy atom. The van der Waals surface area contributed by atoms with E-state index in [-0.39, 0.29) is 0 Å². The highest BCUT2D eigenvalue weighted by Gasteiger charge is 2.21. The molecule has 1 rings (SSSR count). The summed E-state index contributed by atoms with van der Waals surface area (Å²) < 4.78 is 0. The molecule has 1 saturated heterocycles. The van der Waals surface area contributed by atoms with Gasteiger partial charge in [-0.2, -0.15) is 0 Å². The monoisotopic (exact) mass is 196 g/mol. The van der Waals surface area contributed by atoms with Crippen molar-refractivity contribution in [2.45, 2.75) is 39.2 Å². The third kappa shape index (κ3) is 3.56. The van der Waals surface area contributed by atoms with Crippen LogP contribution in [0.25, 0.3) is 10.4 Å². The van der Waals surface area contributed by atoms with Crippen LogP contribution in [0, 0.1) is 5.92 Å². The molecule has 2 atom stereocenters. The fourth-order valence-corrected chi connectivity index (χ4v) is 2.08. The molecule has 0 radical (unpaired) electrons. The minimum Gasteiger partial charge on any atom is -0.300 e. The summed E-state index contributed by atoms with van der Waals surface area (Å²) in [4.78, 5) is 5.27. The Bertz CT molecular complexity index is 210. The first kappa shape index (κ1) is 11.3. The lowest BCUT2D eigenvalue weighted by Gasteiger charge is -2.36. The quantitative estimate of drug-likeness (QED) is 0.295. The van der Waals surface area contributed by atoms with Crippen molar-refractivity contribution in [2.75, 3.05) is 19.6 Å². The average molecular weight is 196 g/mol. The van der Waals surface area contributed by atoms with Crippen LogP contribution in [0.3, 0.4) is 0 Å². The smallest absolute Gasteiger partial charge is 0.0270 e.